The number of benzene rings is 1. The van der Waals surface area contributed by atoms with Gasteiger partial charge in [0.2, 0.25) is 0 Å². The Kier molecular flexibility index (Phi) is 5.37. The summed E-state index contributed by atoms with van der Waals surface area (Å²) in [6, 6.07) is 11.3. The number of nitrogens with one attached hydrogen (secondary N) is 2. The molecule has 0 fully saturated rings. The minimum atomic E-state index is -0.204. The predicted molar refractivity (Wildman–Crippen MR) is 101 cm³/mol. The Bertz CT molecular complexity index is 847. The number of carbonyl (C=O) groups is 1. The molecule has 6 nitrogen and oxygen atoms in total. The minimum Gasteiger partial charge on any atom is -0.332 e. The lowest BCUT2D eigenvalue weighted by Gasteiger charge is -2.15. The van der Waals surface area contributed by atoms with Gasteiger partial charge in [-0.2, -0.15) is 10.4 Å². The molecule has 6 heteroatoms. The molecule has 2 N–H and O–H groups in total. The number of nitriles is 1. The third-order valence-electron chi connectivity index (χ3n) is 4.68. The van der Waals surface area contributed by atoms with Gasteiger partial charge >= 0.3 is 6.03 Å². The van der Waals surface area contributed by atoms with E-state index in [1.165, 1.54) is 5.56 Å². The zero-order valence-electron chi connectivity index (χ0n) is 15.1. The largest absolute Gasteiger partial charge is 0.332 e. The fraction of sp³-hybridized carbons (Fsp3) is 0.350. The molecule has 1 aliphatic carbocycles. The molecular weight excluding hydrogens is 326 g/mol. The Morgan fingerprint density at radius 2 is 2.08 bits per heavy atom. The molecule has 0 aliphatic heterocycles. The summed E-state index contributed by atoms with van der Waals surface area (Å²) in [5.41, 5.74) is 4.06. The van der Waals surface area contributed by atoms with E-state index in [-0.39, 0.29) is 18.0 Å². The number of aromatic nitrogens is 2. The van der Waals surface area contributed by atoms with E-state index in [0.717, 1.165) is 23.5 Å². The molecule has 2 atom stereocenters. The number of anilines is 1. The first kappa shape index (κ1) is 17.7. The maximum Gasteiger partial charge on any atom is 0.319 e. The highest BCUT2D eigenvalue weighted by Crippen LogP contribution is 2.33. The molecule has 0 saturated heterocycles. The number of hydrogen-bond acceptors (Lipinski definition) is 3. The number of allylic oxidation sites excluding steroid dienone is 1. The van der Waals surface area contributed by atoms with Crippen LogP contribution in [-0.4, -0.2) is 21.9 Å². The molecular formula is C20H23N5O. The van der Waals surface area contributed by atoms with Gasteiger partial charge in [-0.05, 0) is 32.4 Å². The van der Waals surface area contributed by atoms with Crippen molar-refractivity contribution in [2.24, 2.45) is 0 Å². The van der Waals surface area contributed by atoms with Crippen LogP contribution in [0.15, 0.2) is 42.5 Å². The SMILES string of the molecule is Cc1nn(CCC#N)c(C)c1[C@@H]1C=C[C@@H](NC(=O)Nc2ccccc2)C1. The lowest BCUT2D eigenvalue weighted by atomic mass is 9.96. The number of hydrogen-bond donors (Lipinski definition) is 2. The highest BCUT2D eigenvalue weighted by atomic mass is 16.2. The highest BCUT2D eigenvalue weighted by Gasteiger charge is 2.26. The van der Waals surface area contributed by atoms with Crippen molar-refractivity contribution in [1.82, 2.24) is 15.1 Å². The van der Waals surface area contributed by atoms with Crippen molar-refractivity contribution in [3.8, 4) is 6.07 Å². The Morgan fingerprint density at radius 3 is 2.81 bits per heavy atom. The number of aryl methyl sites for hydroxylation is 2. The second kappa shape index (κ2) is 7.87. The third kappa shape index (κ3) is 3.94. The maximum absolute atomic E-state index is 12.2. The molecule has 0 unspecified atom stereocenters. The van der Waals surface area contributed by atoms with E-state index in [9.17, 15) is 4.79 Å². The molecule has 0 saturated carbocycles. The van der Waals surface area contributed by atoms with Crippen molar-refractivity contribution in [3.05, 3.63) is 59.4 Å². The third-order valence-corrected chi connectivity index (χ3v) is 4.68. The first-order valence-corrected chi connectivity index (χ1v) is 8.80. The van der Waals surface area contributed by atoms with Gasteiger partial charge in [-0.25, -0.2) is 4.79 Å². The molecule has 2 amide bonds. The zero-order valence-corrected chi connectivity index (χ0v) is 15.1. The molecule has 3 rings (SSSR count). The molecule has 1 heterocycles. The van der Waals surface area contributed by atoms with Gasteiger partial charge in [-0.3, -0.25) is 4.68 Å². The van der Waals surface area contributed by atoms with Crippen molar-refractivity contribution >= 4 is 11.7 Å². The number of urea groups is 1. The maximum atomic E-state index is 12.2. The van der Waals surface area contributed by atoms with E-state index in [1.807, 2.05) is 54.9 Å². The average Bonchev–Trinajstić information content (AvgIpc) is 3.17. The summed E-state index contributed by atoms with van der Waals surface area (Å²) < 4.78 is 1.91. The van der Waals surface area contributed by atoms with Crippen LogP contribution in [0.5, 0.6) is 0 Å². The number of carbonyl (C=O) groups excluding carboxylic acids is 1. The van der Waals surface area contributed by atoms with E-state index >= 15 is 0 Å². The van der Waals surface area contributed by atoms with E-state index in [2.05, 4.69) is 27.9 Å². The standard InChI is InChI=1S/C20H23N5O/c1-14-19(15(2)25(24-14)12-6-11-21)16-9-10-18(13-16)23-20(26)22-17-7-4-3-5-8-17/h3-5,7-10,16,18H,6,12-13H2,1-2H3,(H2,22,23,26)/t16-,18-/m1/s1. The second-order valence-corrected chi connectivity index (χ2v) is 6.51. The predicted octanol–water partition coefficient (Wildman–Crippen LogP) is 3.65. The lowest BCUT2D eigenvalue weighted by molar-refractivity contribution is 0.250. The Hall–Kier alpha value is -3.07. The monoisotopic (exact) mass is 349 g/mol. The molecule has 0 spiro atoms. The highest BCUT2D eigenvalue weighted by molar-refractivity contribution is 5.89. The van der Waals surface area contributed by atoms with Gasteiger partial charge in [0.05, 0.1) is 24.7 Å². The van der Waals surface area contributed by atoms with Crippen molar-refractivity contribution < 1.29 is 4.79 Å². The summed E-state index contributed by atoms with van der Waals surface area (Å²) in [5.74, 6) is 0.230. The van der Waals surface area contributed by atoms with E-state index < -0.39 is 0 Å². The van der Waals surface area contributed by atoms with Crippen LogP contribution in [0.3, 0.4) is 0 Å². The molecule has 26 heavy (non-hydrogen) atoms. The Morgan fingerprint density at radius 1 is 1.31 bits per heavy atom. The zero-order chi connectivity index (χ0) is 18.5. The molecule has 2 aromatic rings. The van der Waals surface area contributed by atoms with Gasteiger partial charge in [0.15, 0.2) is 0 Å². The normalized spacial score (nSPS) is 18.5. The first-order valence-electron chi connectivity index (χ1n) is 8.80. The average molecular weight is 349 g/mol. The molecule has 1 aromatic carbocycles. The van der Waals surface area contributed by atoms with Crippen LogP contribution in [0, 0.1) is 25.2 Å². The van der Waals surface area contributed by atoms with E-state index in [0.29, 0.717) is 13.0 Å². The van der Waals surface area contributed by atoms with Crippen LogP contribution in [0.25, 0.3) is 0 Å². The van der Waals surface area contributed by atoms with Gasteiger partial charge in [-0.15, -0.1) is 0 Å². The molecule has 0 radical (unpaired) electrons. The molecule has 0 bridgehead atoms. The van der Waals surface area contributed by atoms with Crippen LogP contribution in [0.2, 0.25) is 0 Å². The molecule has 1 aliphatic rings. The van der Waals surface area contributed by atoms with E-state index in [4.69, 9.17) is 5.26 Å². The van der Waals surface area contributed by atoms with Gasteiger partial charge < -0.3 is 10.6 Å². The van der Waals surface area contributed by atoms with Gasteiger partial charge in [0.1, 0.15) is 0 Å². The summed E-state index contributed by atoms with van der Waals surface area (Å²) in [4.78, 5) is 12.2. The summed E-state index contributed by atoms with van der Waals surface area (Å²) >= 11 is 0. The summed E-state index contributed by atoms with van der Waals surface area (Å²) in [5, 5.41) is 19.2. The fourth-order valence-electron chi connectivity index (χ4n) is 3.50. The van der Waals surface area contributed by atoms with Crippen LogP contribution in [0.1, 0.15) is 35.7 Å². The quantitative estimate of drug-likeness (QED) is 0.808. The van der Waals surface area contributed by atoms with Gasteiger partial charge in [0, 0.05) is 28.9 Å². The van der Waals surface area contributed by atoms with Gasteiger partial charge in [-0.1, -0.05) is 30.4 Å². The van der Waals surface area contributed by atoms with Crippen molar-refractivity contribution in [2.75, 3.05) is 5.32 Å². The van der Waals surface area contributed by atoms with Crippen LogP contribution in [0.4, 0.5) is 10.5 Å². The van der Waals surface area contributed by atoms with Crippen LogP contribution < -0.4 is 10.6 Å². The van der Waals surface area contributed by atoms with Crippen LogP contribution in [-0.2, 0) is 6.54 Å². The Balaban J connectivity index is 1.61. The van der Waals surface area contributed by atoms with Crippen molar-refractivity contribution in [2.45, 2.75) is 45.2 Å². The molecule has 134 valence electrons. The number of para-hydroxylation sites is 1. The van der Waals surface area contributed by atoms with Crippen LogP contribution >= 0.6 is 0 Å². The topological polar surface area (TPSA) is 82.7 Å². The fourth-order valence-corrected chi connectivity index (χ4v) is 3.50. The first-order chi connectivity index (χ1) is 12.6. The second-order valence-electron chi connectivity index (χ2n) is 6.51. The summed E-state index contributed by atoms with van der Waals surface area (Å²) in [7, 11) is 0. The Labute approximate surface area is 153 Å². The summed E-state index contributed by atoms with van der Waals surface area (Å²) in [6.07, 6.45) is 5.44. The van der Waals surface area contributed by atoms with Crippen molar-refractivity contribution in [1.29, 1.82) is 5.26 Å². The van der Waals surface area contributed by atoms with Gasteiger partial charge in [0.25, 0.3) is 0 Å². The summed E-state index contributed by atoms with van der Waals surface area (Å²) in [6.45, 7) is 4.66. The number of nitrogens with zero attached hydrogens (tertiary/aromatic N) is 3. The smallest absolute Gasteiger partial charge is 0.319 e. The van der Waals surface area contributed by atoms with Crippen molar-refractivity contribution in [3.63, 3.8) is 0 Å². The lowest BCUT2D eigenvalue weighted by Crippen LogP contribution is -2.36. The molecule has 1 aromatic heterocycles. The number of amides is 2. The van der Waals surface area contributed by atoms with E-state index in [1.54, 1.807) is 0 Å². The minimum absolute atomic E-state index is 0.00929. The number of rotatable bonds is 5.